The molecule has 3 N–H and O–H groups in total. The second-order valence-corrected chi connectivity index (χ2v) is 8.35. The highest BCUT2D eigenvalue weighted by Crippen LogP contribution is 2.22. The molecule has 0 unspecified atom stereocenters. The van der Waals surface area contributed by atoms with E-state index in [2.05, 4.69) is 14.8 Å². The van der Waals surface area contributed by atoms with E-state index < -0.39 is 20.0 Å². The third-order valence-electron chi connectivity index (χ3n) is 3.01. The smallest absolute Gasteiger partial charge is 0.240 e. The maximum absolute atomic E-state index is 12.0. The molecule has 0 atom stereocenters. The molecule has 9 heteroatoms. The van der Waals surface area contributed by atoms with E-state index in [1.54, 1.807) is 7.05 Å². The van der Waals surface area contributed by atoms with E-state index in [-0.39, 0.29) is 22.4 Å². The van der Waals surface area contributed by atoms with E-state index in [9.17, 15) is 16.8 Å². The Kier molecular flexibility index (Phi) is 4.99. The maximum atomic E-state index is 12.0. The minimum atomic E-state index is -3.61. The van der Waals surface area contributed by atoms with Gasteiger partial charge in [0.15, 0.2) is 0 Å². The fraction of sp³-hybridized carbons (Fsp3) is 0.500. The predicted octanol–water partition coefficient (Wildman–Crippen LogP) is -0.375. The zero-order valence-electron chi connectivity index (χ0n) is 11.7. The van der Waals surface area contributed by atoms with Crippen LogP contribution in [0.15, 0.2) is 34.1 Å². The van der Waals surface area contributed by atoms with Crippen molar-refractivity contribution in [3.05, 3.63) is 24.3 Å². The van der Waals surface area contributed by atoms with Crippen molar-refractivity contribution in [1.29, 1.82) is 0 Å². The summed E-state index contributed by atoms with van der Waals surface area (Å²) in [6, 6.07) is 5.21. The number of benzene rings is 1. The standard InChI is InChI=1S/C12H19N3O4S2/c1-13-8-9-14-20(16,17)11-4-6-12(7-5-11)21(18,19)15-10-2-3-10/h4-7,10,13-15H,2-3,8-9H2,1H3. The van der Waals surface area contributed by atoms with Gasteiger partial charge in [0.2, 0.25) is 20.0 Å². The second kappa shape index (κ2) is 6.41. The zero-order valence-corrected chi connectivity index (χ0v) is 13.3. The molecule has 21 heavy (non-hydrogen) atoms. The number of hydrogen-bond acceptors (Lipinski definition) is 5. The molecule has 1 fully saturated rings. The van der Waals surface area contributed by atoms with Crippen molar-refractivity contribution in [2.24, 2.45) is 0 Å². The molecular formula is C12H19N3O4S2. The van der Waals surface area contributed by atoms with E-state index in [4.69, 9.17) is 0 Å². The molecule has 1 aromatic carbocycles. The van der Waals surface area contributed by atoms with Crippen LogP contribution in [0, 0.1) is 0 Å². The molecule has 1 aromatic rings. The summed E-state index contributed by atoms with van der Waals surface area (Å²) >= 11 is 0. The number of rotatable bonds is 8. The quantitative estimate of drug-likeness (QED) is 0.563. The second-order valence-electron chi connectivity index (χ2n) is 4.87. The highest BCUT2D eigenvalue weighted by atomic mass is 32.2. The summed E-state index contributed by atoms with van der Waals surface area (Å²) in [6.45, 7) is 0.777. The summed E-state index contributed by atoms with van der Waals surface area (Å²) in [5.41, 5.74) is 0. The maximum Gasteiger partial charge on any atom is 0.240 e. The van der Waals surface area contributed by atoms with Gasteiger partial charge in [-0.2, -0.15) is 0 Å². The van der Waals surface area contributed by atoms with Crippen molar-refractivity contribution in [1.82, 2.24) is 14.8 Å². The minimum absolute atomic E-state index is 0.0154. The summed E-state index contributed by atoms with van der Waals surface area (Å²) in [4.78, 5) is 0.118. The highest BCUT2D eigenvalue weighted by molar-refractivity contribution is 7.90. The fourth-order valence-electron chi connectivity index (χ4n) is 1.68. The van der Waals surface area contributed by atoms with Crippen LogP contribution in [0.25, 0.3) is 0 Å². The topological polar surface area (TPSA) is 104 Å². The van der Waals surface area contributed by atoms with Crippen molar-refractivity contribution in [2.45, 2.75) is 28.7 Å². The Labute approximate surface area is 125 Å². The first-order valence-electron chi connectivity index (χ1n) is 6.62. The van der Waals surface area contributed by atoms with Crippen LogP contribution in [0.2, 0.25) is 0 Å². The number of hydrogen-bond donors (Lipinski definition) is 3. The molecule has 1 aliphatic rings. The summed E-state index contributed by atoms with van der Waals surface area (Å²) in [5, 5.41) is 2.83. The first kappa shape index (κ1) is 16.4. The van der Waals surface area contributed by atoms with Gasteiger partial charge in [0.1, 0.15) is 0 Å². The van der Waals surface area contributed by atoms with Crippen molar-refractivity contribution in [3.8, 4) is 0 Å². The minimum Gasteiger partial charge on any atom is -0.318 e. The first-order valence-corrected chi connectivity index (χ1v) is 9.58. The Hall–Kier alpha value is -1.00. The summed E-state index contributed by atoms with van der Waals surface area (Å²) in [5.74, 6) is 0. The molecule has 0 aromatic heterocycles. The molecule has 0 amide bonds. The third kappa shape index (κ3) is 4.48. The lowest BCUT2D eigenvalue weighted by molar-refractivity contribution is 0.576. The largest absolute Gasteiger partial charge is 0.318 e. The molecule has 2 rings (SSSR count). The van der Waals surface area contributed by atoms with E-state index >= 15 is 0 Å². The van der Waals surface area contributed by atoms with Crippen molar-refractivity contribution >= 4 is 20.0 Å². The van der Waals surface area contributed by atoms with Gasteiger partial charge in [-0.05, 0) is 44.2 Å². The first-order chi connectivity index (χ1) is 9.85. The van der Waals surface area contributed by atoms with Gasteiger partial charge in [0, 0.05) is 19.1 Å². The Morgan fingerprint density at radius 1 is 0.952 bits per heavy atom. The van der Waals surface area contributed by atoms with Crippen LogP contribution >= 0.6 is 0 Å². The molecular weight excluding hydrogens is 314 g/mol. The molecule has 0 heterocycles. The molecule has 7 nitrogen and oxygen atoms in total. The molecule has 1 saturated carbocycles. The molecule has 0 spiro atoms. The molecule has 118 valence electrons. The Morgan fingerprint density at radius 3 is 1.95 bits per heavy atom. The summed E-state index contributed by atoms with van der Waals surface area (Å²) in [7, 11) is -5.44. The molecule has 0 radical (unpaired) electrons. The third-order valence-corrected chi connectivity index (χ3v) is 6.02. The van der Waals surface area contributed by atoms with Gasteiger partial charge in [0.05, 0.1) is 9.79 Å². The van der Waals surface area contributed by atoms with Crippen LogP contribution in [0.4, 0.5) is 0 Å². The van der Waals surface area contributed by atoms with Crippen LogP contribution in [0.3, 0.4) is 0 Å². The van der Waals surface area contributed by atoms with Gasteiger partial charge in [-0.3, -0.25) is 0 Å². The van der Waals surface area contributed by atoms with E-state index in [0.29, 0.717) is 6.54 Å². The Balaban J connectivity index is 2.11. The molecule has 0 bridgehead atoms. The molecule has 0 aliphatic heterocycles. The van der Waals surface area contributed by atoms with Crippen LogP contribution < -0.4 is 14.8 Å². The van der Waals surface area contributed by atoms with Crippen molar-refractivity contribution in [3.63, 3.8) is 0 Å². The number of sulfonamides is 2. The lowest BCUT2D eigenvalue weighted by Crippen LogP contribution is -2.30. The SMILES string of the molecule is CNCCNS(=O)(=O)c1ccc(S(=O)(=O)NC2CC2)cc1. The van der Waals surface area contributed by atoms with Crippen LogP contribution in [0.5, 0.6) is 0 Å². The predicted molar refractivity (Wildman–Crippen MR) is 78.9 cm³/mol. The van der Waals surface area contributed by atoms with Gasteiger partial charge < -0.3 is 5.32 Å². The Bertz CT molecular complexity index is 680. The fourth-order valence-corrected chi connectivity index (χ4v) is 4.02. The van der Waals surface area contributed by atoms with Crippen LogP contribution in [-0.2, 0) is 20.0 Å². The monoisotopic (exact) mass is 333 g/mol. The van der Waals surface area contributed by atoms with Crippen LogP contribution in [-0.4, -0.2) is 43.0 Å². The van der Waals surface area contributed by atoms with Gasteiger partial charge in [0.25, 0.3) is 0 Å². The molecule has 0 saturated heterocycles. The molecule has 1 aliphatic carbocycles. The van der Waals surface area contributed by atoms with Crippen molar-refractivity contribution < 1.29 is 16.8 Å². The Morgan fingerprint density at radius 2 is 1.48 bits per heavy atom. The van der Waals surface area contributed by atoms with E-state index in [1.807, 2.05) is 0 Å². The number of nitrogens with one attached hydrogen (secondary N) is 3. The lowest BCUT2D eigenvalue weighted by Gasteiger charge is -2.08. The summed E-state index contributed by atoms with van der Waals surface area (Å²) < 4.78 is 52.8. The van der Waals surface area contributed by atoms with Crippen molar-refractivity contribution in [2.75, 3.05) is 20.1 Å². The highest BCUT2D eigenvalue weighted by Gasteiger charge is 2.28. The summed E-state index contributed by atoms with van der Waals surface area (Å²) in [6.07, 6.45) is 1.70. The number of likely N-dealkylation sites (N-methyl/N-ethyl adjacent to an activating group) is 1. The average Bonchev–Trinajstić information content (AvgIpc) is 3.22. The average molecular weight is 333 g/mol. The van der Waals surface area contributed by atoms with Gasteiger partial charge in [-0.1, -0.05) is 0 Å². The van der Waals surface area contributed by atoms with Gasteiger partial charge >= 0.3 is 0 Å². The van der Waals surface area contributed by atoms with E-state index in [1.165, 1.54) is 24.3 Å². The van der Waals surface area contributed by atoms with Gasteiger partial charge in [-0.25, -0.2) is 26.3 Å². The van der Waals surface area contributed by atoms with E-state index in [0.717, 1.165) is 12.8 Å². The van der Waals surface area contributed by atoms with Gasteiger partial charge in [-0.15, -0.1) is 0 Å². The lowest BCUT2D eigenvalue weighted by atomic mass is 10.4. The van der Waals surface area contributed by atoms with Crippen LogP contribution in [0.1, 0.15) is 12.8 Å². The normalized spacial score (nSPS) is 16.0. The zero-order chi connectivity index (χ0) is 15.5.